The molecule has 2 N–H and O–H groups in total. The van der Waals surface area contributed by atoms with Crippen LogP contribution in [0.1, 0.15) is 29.2 Å². The van der Waals surface area contributed by atoms with E-state index >= 15 is 0 Å². The Balaban J connectivity index is 1.53. The van der Waals surface area contributed by atoms with Gasteiger partial charge in [-0.2, -0.15) is 5.10 Å². The smallest absolute Gasteiger partial charge is 0.241 e. The van der Waals surface area contributed by atoms with Crippen LogP contribution < -0.4 is 15.4 Å². The van der Waals surface area contributed by atoms with Crippen LogP contribution in [0, 0.1) is 0 Å². The van der Waals surface area contributed by atoms with Crippen LogP contribution in [-0.4, -0.2) is 53.8 Å². The van der Waals surface area contributed by atoms with Gasteiger partial charge in [0.2, 0.25) is 5.91 Å². The van der Waals surface area contributed by atoms with E-state index in [1.807, 2.05) is 47.3 Å². The molecule has 33 heavy (non-hydrogen) atoms. The molecule has 2 heterocycles. The van der Waals surface area contributed by atoms with Crippen LogP contribution in [0.15, 0.2) is 72.0 Å². The maximum Gasteiger partial charge on any atom is 0.241 e. The van der Waals surface area contributed by atoms with Crippen molar-refractivity contribution in [1.82, 2.24) is 25.3 Å². The lowest BCUT2D eigenvalue weighted by Crippen LogP contribution is -2.45. The van der Waals surface area contributed by atoms with Gasteiger partial charge in [0, 0.05) is 38.5 Å². The largest absolute Gasteiger partial charge is 0.493 e. The molecule has 0 bridgehead atoms. The summed E-state index contributed by atoms with van der Waals surface area (Å²) in [5.74, 6) is 1.46. The van der Waals surface area contributed by atoms with E-state index in [4.69, 9.17) is 9.73 Å². The van der Waals surface area contributed by atoms with Gasteiger partial charge in [-0.1, -0.05) is 42.5 Å². The number of aromatic nitrogens is 2. The summed E-state index contributed by atoms with van der Waals surface area (Å²) in [7, 11) is 3.49. The minimum absolute atomic E-state index is 0.0176. The molecule has 172 valence electrons. The van der Waals surface area contributed by atoms with Gasteiger partial charge in [-0.3, -0.25) is 9.48 Å². The number of fused-ring (bicyclic) bond motifs is 1. The minimum atomic E-state index is -0.0176. The molecule has 8 heteroatoms. The van der Waals surface area contributed by atoms with E-state index in [1.54, 1.807) is 25.2 Å². The molecule has 1 unspecified atom stereocenters. The molecular weight excluding hydrogens is 416 g/mol. The van der Waals surface area contributed by atoms with Crippen LogP contribution in [0.5, 0.6) is 5.75 Å². The predicted molar refractivity (Wildman–Crippen MR) is 128 cm³/mol. The lowest BCUT2D eigenvalue weighted by molar-refractivity contribution is -0.127. The van der Waals surface area contributed by atoms with Crippen LogP contribution in [0.25, 0.3) is 0 Å². The van der Waals surface area contributed by atoms with Crippen molar-refractivity contribution in [1.29, 1.82) is 0 Å². The first-order chi connectivity index (χ1) is 16.1. The van der Waals surface area contributed by atoms with Gasteiger partial charge in [0.25, 0.3) is 0 Å². The number of ether oxygens (including phenoxy) is 1. The van der Waals surface area contributed by atoms with Gasteiger partial charge < -0.3 is 20.3 Å². The van der Waals surface area contributed by atoms with E-state index in [1.165, 1.54) is 0 Å². The number of nitrogens with zero attached hydrogens (tertiary/aromatic N) is 4. The molecule has 8 nitrogen and oxygen atoms in total. The fourth-order valence-corrected chi connectivity index (χ4v) is 3.73. The summed E-state index contributed by atoms with van der Waals surface area (Å²) >= 11 is 0. The maximum atomic E-state index is 12.2. The zero-order valence-electron chi connectivity index (χ0n) is 19.1. The van der Waals surface area contributed by atoms with Crippen LogP contribution in [0.2, 0.25) is 0 Å². The highest BCUT2D eigenvalue weighted by Gasteiger charge is 2.22. The van der Waals surface area contributed by atoms with Crippen molar-refractivity contribution < 1.29 is 9.53 Å². The first kappa shape index (κ1) is 22.4. The van der Waals surface area contributed by atoms with E-state index < -0.39 is 0 Å². The van der Waals surface area contributed by atoms with Crippen molar-refractivity contribution in [2.45, 2.75) is 25.6 Å². The molecule has 1 amide bonds. The molecule has 0 fully saturated rings. The number of hydrogen-bond donors (Lipinski definition) is 2. The molecule has 3 aromatic rings. The van der Waals surface area contributed by atoms with Crippen LogP contribution >= 0.6 is 0 Å². The number of nitrogens with one attached hydrogen (secondary N) is 2. The first-order valence-corrected chi connectivity index (χ1v) is 11.1. The Labute approximate surface area is 194 Å². The number of hydrogen-bond acceptors (Lipinski definition) is 4. The third-order valence-electron chi connectivity index (χ3n) is 5.59. The fourth-order valence-electron chi connectivity index (χ4n) is 3.73. The molecule has 1 aromatic heterocycles. The van der Waals surface area contributed by atoms with E-state index in [-0.39, 0.29) is 18.5 Å². The number of guanidine groups is 1. The highest BCUT2D eigenvalue weighted by atomic mass is 16.5. The van der Waals surface area contributed by atoms with Gasteiger partial charge in [0.1, 0.15) is 5.75 Å². The van der Waals surface area contributed by atoms with Crippen molar-refractivity contribution >= 4 is 11.9 Å². The summed E-state index contributed by atoms with van der Waals surface area (Å²) in [6, 6.07) is 18.2. The van der Waals surface area contributed by atoms with E-state index in [0.717, 1.165) is 28.9 Å². The summed E-state index contributed by atoms with van der Waals surface area (Å²) in [6.45, 7) is 1.96. The van der Waals surface area contributed by atoms with Crippen molar-refractivity contribution in [3.8, 4) is 5.75 Å². The van der Waals surface area contributed by atoms with Crippen LogP contribution in [-0.2, 0) is 17.9 Å². The fraction of sp³-hybridized carbons (Fsp3) is 0.320. The normalized spacial score (nSPS) is 15.3. The average molecular weight is 447 g/mol. The molecule has 0 saturated heterocycles. The Morgan fingerprint density at radius 2 is 1.94 bits per heavy atom. The second-order valence-electron chi connectivity index (χ2n) is 8.15. The van der Waals surface area contributed by atoms with E-state index in [9.17, 15) is 4.79 Å². The number of rotatable bonds is 7. The number of benzene rings is 2. The summed E-state index contributed by atoms with van der Waals surface area (Å²) < 4.78 is 7.69. The first-order valence-electron chi connectivity index (χ1n) is 11.1. The Morgan fingerprint density at radius 3 is 2.73 bits per heavy atom. The molecule has 1 aliphatic rings. The third-order valence-corrected chi connectivity index (χ3v) is 5.59. The quantitative estimate of drug-likeness (QED) is 0.431. The highest BCUT2D eigenvalue weighted by Crippen LogP contribution is 2.31. The Kier molecular flexibility index (Phi) is 7.24. The van der Waals surface area contributed by atoms with Gasteiger partial charge in [-0.15, -0.1) is 0 Å². The summed E-state index contributed by atoms with van der Waals surface area (Å²) in [5.41, 5.74) is 3.36. The third kappa shape index (κ3) is 5.91. The van der Waals surface area contributed by atoms with Gasteiger partial charge >= 0.3 is 0 Å². The second-order valence-corrected chi connectivity index (χ2v) is 8.15. The Bertz CT molecular complexity index is 1090. The number of carbonyl (C=O) groups excluding carboxylic acids is 1. The van der Waals surface area contributed by atoms with E-state index in [0.29, 0.717) is 25.7 Å². The lowest BCUT2D eigenvalue weighted by atomic mass is 10.0. The summed E-state index contributed by atoms with van der Waals surface area (Å²) in [5, 5.41) is 11.0. The van der Waals surface area contributed by atoms with Gasteiger partial charge in [-0.25, -0.2) is 4.99 Å². The van der Waals surface area contributed by atoms with Crippen LogP contribution in [0.4, 0.5) is 0 Å². The molecule has 0 spiro atoms. The van der Waals surface area contributed by atoms with Crippen molar-refractivity contribution in [3.05, 3.63) is 83.7 Å². The lowest BCUT2D eigenvalue weighted by Gasteiger charge is -2.28. The number of para-hydroxylation sites is 1. The molecule has 1 atom stereocenters. The van der Waals surface area contributed by atoms with Crippen molar-refractivity contribution in [2.75, 3.05) is 27.2 Å². The molecule has 0 saturated carbocycles. The minimum Gasteiger partial charge on any atom is -0.493 e. The van der Waals surface area contributed by atoms with Crippen LogP contribution in [0.3, 0.4) is 0 Å². The number of likely N-dealkylation sites (N-methyl/N-ethyl adjacent to an activating group) is 1. The molecule has 2 aromatic carbocycles. The number of aliphatic imine (C=N–C) groups is 1. The van der Waals surface area contributed by atoms with E-state index in [2.05, 4.69) is 33.9 Å². The molecule has 1 aliphatic heterocycles. The number of amides is 1. The van der Waals surface area contributed by atoms with Crippen molar-refractivity contribution in [2.24, 2.45) is 4.99 Å². The topological polar surface area (TPSA) is 83.8 Å². The SMILES string of the molecule is CN(C)C(=O)CNC(=NCc1ccccc1Cn1cccn1)NC1CCOc2ccccc21. The monoisotopic (exact) mass is 446 g/mol. The van der Waals surface area contributed by atoms with Gasteiger partial charge in [-0.05, 0) is 23.3 Å². The predicted octanol–water partition coefficient (Wildman–Crippen LogP) is 2.58. The summed E-state index contributed by atoms with van der Waals surface area (Å²) in [4.78, 5) is 18.6. The Hall–Kier alpha value is -3.81. The Morgan fingerprint density at radius 1 is 1.15 bits per heavy atom. The second kappa shape index (κ2) is 10.7. The zero-order valence-corrected chi connectivity index (χ0v) is 19.1. The maximum absolute atomic E-state index is 12.2. The summed E-state index contributed by atoms with van der Waals surface area (Å²) in [6.07, 6.45) is 4.54. The average Bonchev–Trinajstić information content (AvgIpc) is 3.34. The highest BCUT2D eigenvalue weighted by molar-refractivity contribution is 5.86. The standard InChI is InChI=1S/C25H30N6O2/c1-30(2)24(32)17-27-25(29-22-12-15-33-23-11-6-5-10-21(22)23)26-16-19-8-3-4-9-20(19)18-31-14-7-13-28-31/h3-11,13-14,22H,12,15-18H2,1-2H3,(H2,26,27,29). The molecule has 0 radical (unpaired) electrons. The van der Waals surface area contributed by atoms with Gasteiger partial charge in [0.15, 0.2) is 5.96 Å². The number of carbonyl (C=O) groups is 1. The molecule has 0 aliphatic carbocycles. The molecular formula is C25H30N6O2. The molecule has 4 rings (SSSR count). The van der Waals surface area contributed by atoms with Gasteiger partial charge in [0.05, 0.1) is 32.3 Å². The zero-order chi connectivity index (χ0) is 23.0. The van der Waals surface area contributed by atoms with Crippen molar-refractivity contribution in [3.63, 3.8) is 0 Å².